The Morgan fingerprint density at radius 2 is 1.53 bits per heavy atom. The molecular weight excluding hydrogens is 307 g/mol. The molecular formula is C18H17Zr-. The third-order valence-electron chi connectivity index (χ3n) is 3.43. The molecule has 0 heterocycles. The zero-order chi connectivity index (χ0) is 12.7. The molecule has 0 fully saturated rings. The van der Waals surface area contributed by atoms with Crippen molar-refractivity contribution < 1.29 is 26.2 Å². The van der Waals surface area contributed by atoms with Gasteiger partial charge in [-0.1, -0.05) is 47.9 Å². The molecule has 1 heteroatoms. The Morgan fingerprint density at radius 1 is 0.842 bits per heavy atom. The van der Waals surface area contributed by atoms with Crippen LogP contribution in [0.25, 0.3) is 21.9 Å². The van der Waals surface area contributed by atoms with Gasteiger partial charge in [0.25, 0.3) is 0 Å². The van der Waals surface area contributed by atoms with Crippen molar-refractivity contribution in [1.29, 1.82) is 0 Å². The Labute approximate surface area is 134 Å². The number of benzene rings is 2. The van der Waals surface area contributed by atoms with Crippen LogP contribution in [0.4, 0.5) is 0 Å². The van der Waals surface area contributed by atoms with Crippen molar-refractivity contribution in [2.75, 3.05) is 0 Å². The fourth-order valence-corrected chi connectivity index (χ4v) is 2.77. The van der Waals surface area contributed by atoms with Gasteiger partial charge in [-0.15, -0.1) is 34.5 Å². The van der Waals surface area contributed by atoms with E-state index >= 15 is 0 Å². The Hall–Kier alpha value is -1.07. The van der Waals surface area contributed by atoms with Gasteiger partial charge >= 0.3 is 0 Å². The average Bonchev–Trinajstić information content (AvgIpc) is 2.67. The summed E-state index contributed by atoms with van der Waals surface area (Å²) in [6.45, 7) is 6.48. The summed E-state index contributed by atoms with van der Waals surface area (Å²) in [7, 11) is 0. The molecule has 0 bridgehead atoms. The molecule has 0 unspecified atom stereocenters. The predicted octanol–water partition coefficient (Wildman–Crippen LogP) is 5.15. The van der Waals surface area contributed by atoms with Gasteiger partial charge in [-0.25, -0.2) is 0 Å². The standard InChI is InChI=1S/C18H17.Zr/c1-12-7-13(2)10-16(9-12)17-6-4-5-15-8-14(3)11-18(15)17;/h4-11H,1-3H3;/q-1;. The summed E-state index contributed by atoms with van der Waals surface area (Å²) in [5, 5.41) is 2.70. The minimum atomic E-state index is 0. The summed E-state index contributed by atoms with van der Waals surface area (Å²) in [6.07, 6.45) is 0. The van der Waals surface area contributed by atoms with Gasteiger partial charge in [-0.3, -0.25) is 0 Å². The number of rotatable bonds is 1. The van der Waals surface area contributed by atoms with Gasteiger partial charge in [0, 0.05) is 26.2 Å². The molecule has 0 radical (unpaired) electrons. The van der Waals surface area contributed by atoms with E-state index in [0.717, 1.165) is 0 Å². The Balaban J connectivity index is 0.00000133. The third kappa shape index (κ3) is 2.77. The maximum absolute atomic E-state index is 2.28. The fourth-order valence-electron chi connectivity index (χ4n) is 2.77. The van der Waals surface area contributed by atoms with E-state index < -0.39 is 0 Å². The van der Waals surface area contributed by atoms with Crippen LogP contribution in [-0.4, -0.2) is 0 Å². The molecule has 0 nitrogen and oxygen atoms in total. The van der Waals surface area contributed by atoms with Crippen molar-refractivity contribution in [3.8, 4) is 11.1 Å². The molecule has 0 aliphatic rings. The molecule has 0 saturated carbocycles. The quantitative estimate of drug-likeness (QED) is 0.543. The van der Waals surface area contributed by atoms with E-state index in [9.17, 15) is 0 Å². The van der Waals surface area contributed by atoms with Gasteiger partial charge in [-0.2, -0.15) is 6.07 Å². The van der Waals surface area contributed by atoms with Crippen LogP contribution in [-0.2, 0) is 26.2 Å². The van der Waals surface area contributed by atoms with Gasteiger partial charge < -0.3 is 0 Å². The smallest absolute Gasteiger partial charge is 0 e. The minimum absolute atomic E-state index is 0. The van der Waals surface area contributed by atoms with E-state index in [0.29, 0.717) is 0 Å². The predicted molar refractivity (Wildman–Crippen MR) is 79.2 cm³/mol. The molecule has 3 aromatic carbocycles. The fraction of sp³-hybridized carbons (Fsp3) is 0.167. The summed E-state index contributed by atoms with van der Waals surface area (Å²) < 4.78 is 0. The Morgan fingerprint density at radius 3 is 2.21 bits per heavy atom. The minimum Gasteiger partial charge on any atom is -0.165 e. The summed E-state index contributed by atoms with van der Waals surface area (Å²) in [5.74, 6) is 0. The molecule has 0 spiro atoms. The second-order valence-corrected chi connectivity index (χ2v) is 5.22. The summed E-state index contributed by atoms with van der Waals surface area (Å²) in [5.41, 5.74) is 6.65. The van der Waals surface area contributed by atoms with Gasteiger partial charge in [0.1, 0.15) is 0 Å². The molecule has 0 saturated heterocycles. The number of hydrogen-bond donors (Lipinski definition) is 0. The van der Waals surface area contributed by atoms with Crippen LogP contribution in [0, 0.1) is 20.8 Å². The van der Waals surface area contributed by atoms with Crippen molar-refractivity contribution >= 4 is 10.8 Å². The van der Waals surface area contributed by atoms with Crippen LogP contribution < -0.4 is 0 Å². The molecule has 19 heavy (non-hydrogen) atoms. The van der Waals surface area contributed by atoms with Gasteiger partial charge in [0.15, 0.2) is 0 Å². The van der Waals surface area contributed by atoms with Crippen molar-refractivity contribution in [2.45, 2.75) is 20.8 Å². The Bertz CT molecular complexity index is 699. The first-order chi connectivity index (χ1) is 8.63. The molecule has 0 amide bonds. The second-order valence-electron chi connectivity index (χ2n) is 5.22. The topological polar surface area (TPSA) is 0 Å². The molecule has 0 aliphatic heterocycles. The first kappa shape index (κ1) is 14.3. The monoisotopic (exact) mass is 323 g/mol. The normalized spacial score (nSPS) is 10.5. The van der Waals surface area contributed by atoms with Crippen molar-refractivity contribution in [3.63, 3.8) is 0 Å². The van der Waals surface area contributed by atoms with E-state index in [1.165, 1.54) is 38.6 Å². The molecule has 0 aromatic heterocycles. The third-order valence-corrected chi connectivity index (χ3v) is 3.43. The number of fused-ring (bicyclic) bond motifs is 1. The zero-order valence-corrected chi connectivity index (χ0v) is 14.1. The first-order valence-corrected chi connectivity index (χ1v) is 6.38. The SMILES string of the molecule is Cc1cc(C)cc(-c2cccc3[cH-]c(C)cc23)c1.[Zr]. The molecule has 3 aromatic rings. The van der Waals surface area contributed by atoms with E-state index in [1.807, 2.05) is 0 Å². The van der Waals surface area contributed by atoms with Crippen molar-refractivity contribution in [2.24, 2.45) is 0 Å². The zero-order valence-electron chi connectivity index (χ0n) is 11.6. The van der Waals surface area contributed by atoms with Crippen molar-refractivity contribution in [3.05, 3.63) is 65.2 Å². The van der Waals surface area contributed by atoms with Gasteiger partial charge in [0.05, 0.1) is 0 Å². The number of hydrogen-bond acceptors (Lipinski definition) is 0. The van der Waals surface area contributed by atoms with Gasteiger partial charge in [0.2, 0.25) is 0 Å². The van der Waals surface area contributed by atoms with Crippen LogP contribution in [0.3, 0.4) is 0 Å². The van der Waals surface area contributed by atoms with Crippen LogP contribution in [0.2, 0.25) is 0 Å². The van der Waals surface area contributed by atoms with Crippen molar-refractivity contribution in [1.82, 2.24) is 0 Å². The van der Waals surface area contributed by atoms with Crippen LogP contribution in [0.5, 0.6) is 0 Å². The van der Waals surface area contributed by atoms with E-state index in [4.69, 9.17) is 0 Å². The maximum Gasteiger partial charge on any atom is 0 e. The molecule has 0 aliphatic carbocycles. The summed E-state index contributed by atoms with van der Waals surface area (Å²) in [4.78, 5) is 0. The van der Waals surface area contributed by atoms with Crippen LogP contribution in [0.15, 0.2) is 48.5 Å². The summed E-state index contributed by atoms with van der Waals surface area (Å²) >= 11 is 0. The second kappa shape index (κ2) is 5.51. The molecule has 0 N–H and O–H groups in total. The molecule has 94 valence electrons. The first-order valence-electron chi connectivity index (χ1n) is 6.38. The van der Waals surface area contributed by atoms with Crippen LogP contribution in [0.1, 0.15) is 16.7 Å². The molecule has 3 rings (SSSR count). The number of aryl methyl sites for hydroxylation is 3. The summed E-state index contributed by atoms with van der Waals surface area (Å²) in [6, 6.07) is 17.8. The maximum atomic E-state index is 2.28. The Kier molecular flexibility index (Phi) is 4.16. The molecule has 0 atom stereocenters. The van der Waals surface area contributed by atoms with Gasteiger partial charge in [-0.05, 0) is 19.4 Å². The largest absolute Gasteiger partial charge is 0.165 e. The van der Waals surface area contributed by atoms with E-state index in [-0.39, 0.29) is 26.2 Å². The van der Waals surface area contributed by atoms with Crippen LogP contribution >= 0.6 is 0 Å². The average molecular weight is 325 g/mol. The van der Waals surface area contributed by atoms with E-state index in [1.54, 1.807) is 0 Å². The van der Waals surface area contributed by atoms with E-state index in [2.05, 4.69) is 69.3 Å².